The molecule has 0 amide bonds. The number of alkyl halides is 1. The molecule has 41 heteroatoms. The summed E-state index contributed by atoms with van der Waals surface area (Å²) < 4.78 is 123. The van der Waals surface area contributed by atoms with Crippen LogP contribution in [0.4, 0.5) is 16.2 Å². The average Bonchev–Trinajstić information content (AvgIpc) is 4.08. The van der Waals surface area contributed by atoms with E-state index in [2.05, 4.69) is 38.1 Å². The third kappa shape index (κ3) is 10.9. The van der Waals surface area contributed by atoms with Crippen LogP contribution in [0.2, 0.25) is 0 Å². The van der Waals surface area contributed by atoms with Crippen LogP contribution in [0.3, 0.4) is 0 Å². The summed E-state index contributed by atoms with van der Waals surface area (Å²) in [7, 11) is -21.0. The average molecular weight is 1110 g/mol. The fourth-order valence-corrected chi connectivity index (χ4v) is 12.4. The molecule has 10 unspecified atom stereocenters. The van der Waals surface area contributed by atoms with E-state index in [1.165, 1.54) is 17.9 Å². The van der Waals surface area contributed by atoms with Crippen molar-refractivity contribution in [1.82, 2.24) is 43.6 Å². The number of nitrogen functional groups attached to an aromatic ring is 2. The summed E-state index contributed by atoms with van der Waals surface area (Å²) in [6.45, 7) is -3.53. The second kappa shape index (κ2) is 20.2. The number of phosphoric acid groups is 4. The van der Waals surface area contributed by atoms with E-state index >= 15 is 4.39 Å². The molecule has 3 saturated heterocycles. The highest BCUT2D eigenvalue weighted by atomic mass is 31.3. The molecule has 0 saturated carbocycles. The standard InChI is InChI=1S/C31H41FN12O24P4/c1-41-10-44(25-17(41)26(50)40-30(34)39-25)29-21(49)19(47)12(64-29)6-61-70(54,55)67-71(56,57)68-72(58,59-2)62-7-13-22(15(32)27(65-13)43-9-37-16-23(33)35-8-36-24(16)43)66-69(52,53)60-5-11-18(46)20(48)28(63-11)42-4-3-14(45)38-31(42)51/h3-4,8-13,15,18-22,27-29,46-49H,5-7H2,1-2H3,(H8-,33,34,35,36,38,39,40,45,50,51,52,53,54,55,56,57)/p+1/t11-,12-,13-,15?,18?,19?,20?,21?,22?,27-,28-,29-,72?/m1/s1. The van der Waals surface area contributed by atoms with Crippen LogP contribution in [-0.4, -0.2) is 161 Å². The maximum atomic E-state index is 16.5. The van der Waals surface area contributed by atoms with Crippen molar-refractivity contribution in [2.45, 2.75) is 73.7 Å². The van der Waals surface area contributed by atoms with Gasteiger partial charge in [0.1, 0.15) is 60.7 Å². The van der Waals surface area contributed by atoms with Crippen molar-refractivity contribution in [3.63, 3.8) is 0 Å². The Morgan fingerprint density at radius 3 is 2.15 bits per heavy atom. The first-order valence-corrected chi connectivity index (χ1v) is 26.2. The van der Waals surface area contributed by atoms with E-state index in [4.69, 9.17) is 43.8 Å². The smallest absolute Gasteiger partial charge is 0.387 e. The van der Waals surface area contributed by atoms with Crippen LogP contribution < -0.4 is 32.8 Å². The predicted molar refractivity (Wildman–Crippen MR) is 227 cm³/mol. The summed E-state index contributed by atoms with van der Waals surface area (Å²) in [5, 5.41) is 42.6. The minimum atomic E-state index is -6.14. The highest BCUT2D eigenvalue weighted by Crippen LogP contribution is 2.69. The number of ether oxygens (including phenoxy) is 3. The Kier molecular flexibility index (Phi) is 15.1. The molecule has 0 spiro atoms. The molecule has 5 aromatic heterocycles. The van der Waals surface area contributed by atoms with Gasteiger partial charge in [0.25, 0.3) is 17.1 Å². The van der Waals surface area contributed by atoms with Crippen LogP contribution in [0.15, 0.2) is 45.6 Å². The highest BCUT2D eigenvalue weighted by Gasteiger charge is 2.54. The molecule has 3 aliphatic heterocycles. The summed E-state index contributed by atoms with van der Waals surface area (Å²) in [5.74, 6) is -0.475. The maximum Gasteiger partial charge on any atom is 0.490 e. The number of nitrogens with one attached hydrogen (secondary N) is 2. The van der Waals surface area contributed by atoms with E-state index in [1.54, 1.807) is 0 Å². The molecule has 0 radical (unpaired) electrons. The summed E-state index contributed by atoms with van der Waals surface area (Å²) in [6.07, 6.45) is -18.6. The molecule has 8 rings (SSSR count). The van der Waals surface area contributed by atoms with Crippen molar-refractivity contribution >= 4 is 65.4 Å². The number of aryl methyl sites for hydroxylation is 1. The molecule has 16 atom stereocenters. The van der Waals surface area contributed by atoms with Crippen LogP contribution in [0.1, 0.15) is 18.7 Å². The van der Waals surface area contributed by atoms with Crippen LogP contribution >= 0.6 is 31.3 Å². The Morgan fingerprint density at radius 2 is 1.46 bits per heavy atom. The lowest BCUT2D eigenvalue weighted by molar-refractivity contribution is -0.745. The zero-order chi connectivity index (χ0) is 52.4. The van der Waals surface area contributed by atoms with Crippen molar-refractivity contribution in [2.75, 3.05) is 38.4 Å². The third-order valence-electron chi connectivity index (χ3n) is 10.9. The number of aromatic nitrogens is 10. The lowest BCUT2D eigenvalue weighted by Crippen LogP contribution is -2.46. The fraction of sp³-hybridized carbons (Fsp3) is 0.548. The summed E-state index contributed by atoms with van der Waals surface area (Å²) in [6, 6.07) is 0.903. The number of anilines is 2. The first-order valence-electron chi connectivity index (χ1n) is 20.2. The second-order valence-corrected chi connectivity index (χ2v) is 22.0. The Hall–Kier alpha value is -4.65. The predicted octanol–water partition coefficient (Wildman–Crippen LogP) is -3.90. The van der Waals surface area contributed by atoms with Crippen LogP contribution in [0.5, 0.6) is 0 Å². The normalized spacial score (nSPS) is 31.1. The van der Waals surface area contributed by atoms with E-state index < -0.39 is 142 Å². The Bertz CT molecular complexity index is 3230. The number of halogens is 1. The monoisotopic (exact) mass is 1110 g/mol. The Balaban J connectivity index is 0.931. The number of hydrogen-bond acceptors (Lipinski definition) is 27. The van der Waals surface area contributed by atoms with Crippen molar-refractivity contribution in [1.29, 1.82) is 0 Å². The van der Waals surface area contributed by atoms with E-state index in [1.807, 2.05) is 4.98 Å². The first-order chi connectivity index (χ1) is 33.7. The van der Waals surface area contributed by atoms with Crippen molar-refractivity contribution in [3.05, 3.63) is 62.4 Å². The number of aliphatic hydroxyl groups excluding tert-OH is 4. The molecule has 5 aromatic rings. The molecule has 3 fully saturated rings. The van der Waals surface area contributed by atoms with Gasteiger partial charge < -0.3 is 60.8 Å². The summed E-state index contributed by atoms with van der Waals surface area (Å²) >= 11 is 0. The minimum Gasteiger partial charge on any atom is -0.387 e. The number of aromatic amines is 2. The minimum absolute atomic E-state index is 0.0260. The zero-order valence-electron chi connectivity index (χ0n) is 36.4. The van der Waals surface area contributed by atoms with E-state index in [9.17, 15) is 67.8 Å². The molecule has 36 nitrogen and oxygen atoms in total. The molecule has 3 aliphatic rings. The van der Waals surface area contributed by atoms with Gasteiger partial charge >= 0.3 is 42.6 Å². The van der Waals surface area contributed by atoms with Gasteiger partial charge in [0.15, 0.2) is 36.4 Å². The van der Waals surface area contributed by atoms with Crippen molar-refractivity contribution in [3.8, 4) is 0 Å². The SMILES string of the molecule is COP(=O)(OC[C@H]1O[C@@H](n2cnc3c(N)ncnc32)C(F)C1OP(=O)(O)OC[C@H]1O[C@@H](n2ccc(=O)[nH]c2=O)C(O)C1O)OP(=O)(O)OP(=O)(O)OC[C@H]1O[C@@H]([n+]2cn(C)c3c(=O)[nH]c(N)nc32)C(O)C1O. The van der Waals surface area contributed by atoms with E-state index in [0.717, 1.165) is 34.1 Å². The lowest BCUT2D eigenvalue weighted by atomic mass is 10.1. The van der Waals surface area contributed by atoms with Gasteiger partial charge in [-0.3, -0.25) is 55.9 Å². The van der Waals surface area contributed by atoms with Crippen LogP contribution in [0.25, 0.3) is 22.3 Å². The number of rotatable bonds is 19. The van der Waals surface area contributed by atoms with Gasteiger partial charge in [-0.25, -0.2) is 47.0 Å². The van der Waals surface area contributed by atoms with Crippen molar-refractivity contribution < 1.29 is 108 Å². The quantitative estimate of drug-likeness (QED) is 0.0278. The Morgan fingerprint density at radius 1 is 0.806 bits per heavy atom. The zero-order valence-corrected chi connectivity index (χ0v) is 40.0. The molecule has 396 valence electrons. The Labute approximate surface area is 397 Å². The lowest BCUT2D eigenvalue weighted by Gasteiger charge is -2.25. The molecule has 0 aliphatic carbocycles. The third-order valence-corrected chi connectivity index (χ3v) is 16.5. The van der Waals surface area contributed by atoms with Gasteiger partial charge in [-0.05, 0) is 0 Å². The number of nitrogens with two attached hydrogens (primary N) is 2. The molecule has 0 bridgehead atoms. The molecular weight excluding hydrogens is 1070 g/mol. The number of H-pyrrole nitrogens is 2. The molecule has 72 heavy (non-hydrogen) atoms. The molecule has 13 N–H and O–H groups in total. The summed E-state index contributed by atoms with van der Waals surface area (Å²) in [5.41, 5.74) is 8.64. The number of hydrogen-bond donors (Lipinski definition) is 11. The van der Waals surface area contributed by atoms with Gasteiger partial charge in [-0.15, -0.1) is 0 Å². The number of fused-ring (bicyclic) bond motifs is 2. The molecule has 8 heterocycles. The first kappa shape index (κ1) is 53.6. The second-order valence-electron chi connectivity index (χ2n) is 15.6. The van der Waals surface area contributed by atoms with Gasteiger partial charge in [0.2, 0.25) is 11.7 Å². The summed E-state index contributed by atoms with van der Waals surface area (Å²) in [4.78, 5) is 87.8. The van der Waals surface area contributed by atoms with E-state index in [-0.39, 0.29) is 34.1 Å². The number of nitrogens with zero attached hydrogens (tertiary/aromatic N) is 8. The van der Waals surface area contributed by atoms with Gasteiger partial charge in [-0.1, -0.05) is 4.98 Å². The van der Waals surface area contributed by atoms with Crippen LogP contribution in [0, 0.1) is 0 Å². The van der Waals surface area contributed by atoms with Gasteiger partial charge in [-0.2, -0.15) is 8.62 Å². The van der Waals surface area contributed by atoms with Gasteiger partial charge in [0, 0.05) is 19.4 Å². The molecule has 0 aromatic carbocycles. The highest BCUT2D eigenvalue weighted by molar-refractivity contribution is 7.67. The number of aliphatic hydroxyl groups is 4. The number of imidazole rings is 2. The van der Waals surface area contributed by atoms with E-state index in [0.29, 0.717) is 11.7 Å². The largest absolute Gasteiger partial charge is 0.490 e. The van der Waals surface area contributed by atoms with Gasteiger partial charge in [0.05, 0.1) is 33.2 Å². The number of phosphoric ester groups is 3. The fourth-order valence-electron chi connectivity index (χ4n) is 7.60. The topological polar surface area (TPSA) is 507 Å². The van der Waals surface area contributed by atoms with Crippen molar-refractivity contribution in [2.24, 2.45) is 7.05 Å². The maximum absolute atomic E-state index is 16.5. The molecular formula is C31H42FN12O24P4+. The van der Waals surface area contributed by atoms with Crippen LogP contribution in [-0.2, 0) is 70.8 Å².